The minimum Gasteiger partial charge on any atom is -0.388 e. The van der Waals surface area contributed by atoms with Crippen molar-refractivity contribution in [1.29, 1.82) is 0 Å². The van der Waals surface area contributed by atoms with Gasteiger partial charge in [-0.15, -0.1) is 10.2 Å². The van der Waals surface area contributed by atoms with E-state index in [-0.39, 0.29) is 18.3 Å². The van der Waals surface area contributed by atoms with Gasteiger partial charge >= 0.3 is 0 Å². The van der Waals surface area contributed by atoms with Gasteiger partial charge in [-0.25, -0.2) is 0 Å². The fourth-order valence-corrected chi connectivity index (χ4v) is 1.98. The highest BCUT2D eigenvalue weighted by Crippen LogP contribution is 2.30. The SMILES string of the molecule is CC(C)n1c(CO)nnc1-c1ccccc1[N+](=O)[O-]. The second kappa shape index (κ2) is 5.15. The molecule has 100 valence electrons. The molecule has 0 amide bonds. The van der Waals surface area contributed by atoms with Crippen LogP contribution in [0.4, 0.5) is 5.69 Å². The Bertz CT molecular complexity index is 607. The number of nitrogens with zero attached hydrogens (tertiary/aromatic N) is 4. The molecule has 19 heavy (non-hydrogen) atoms. The van der Waals surface area contributed by atoms with E-state index < -0.39 is 4.92 Å². The standard InChI is InChI=1S/C12H14N4O3/c1-8(2)15-11(7-17)13-14-12(15)9-5-3-4-6-10(9)16(18)19/h3-6,8,17H,7H2,1-2H3. The van der Waals surface area contributed by atoms with Gasteiger partial charge in [-0.3, -0.25) is 10.1 Å². The van der Waals surface area contributed by atoms with E-state index in [1.54, 1.807) is 22.8 Å². The highest BCUT2D eigenvalue weighted by Gasteiger charge is 2.22. The van der Waals surface area contributed by atoms with Crippen LogP contribution in [-0.2, 0) is 6.61 Å². The quantitative estimate of drug-likeness (QED) is 0.671. The molecular weight excluding hydrogens is 248 g/mol. The number of hydrogen-bond acceptors (Lipinski definition) is 5. The van der Waals surface area contributed by atoms with Crippen LogP contribution in [0.15, 0.2) is 24.3 Å². The molecule has 2 aromatic rings. The fourth-order valence-electron chi connectivity index (χ4n) is 1.98. The molecule has 7 heteroatoms. The third-order valence-electron chi connectivity index (χ3n) is 2.77. The molecule has 1 heterocycles. The van der Waals surface area contributed by atoms with Crippen molar-refractivity contribution in [3.8, 4) is 11.4 Å². The summed E-state index contributed by atoms with van der Waals surface area (Å²) < 4.78 is 1.70. The van der Waals surface area contributed by atoms with Crippen molar-refractivity contribution in [2.24, 2.45) is 0 Å². The van der Waals surface area contributed by atoms with Gasteiger partial charge in [0.25, 0.3) is 5.69 Å². The van der Waals surface area contributed by atoms with Crippen molar-refractivity contribution in [1.82, 2.24) is 14.8 Å². The molecule has 1 aromatic heterocycles. The van der Waals surface area contributed by atoms with Crippen LogP contribution in [0.3, 0.4) is 0 Å². The van der Waals surface area contributed by atoms with Gasteiger partial charge in [0.1, 0.15) is 6.61 Å². The Kier molecular flexibility index (Phi) is 3.57. The number of aromatic nitrogens is 3. The Balaban J connectivity index is 2.66. The average Bonchev–Trinajstić information content (AvgIpc) is 2.82. The second-order valence-corrected chi connectivity index (χ2v) is 4.34. The first-order valence-electron chi connectivity index (χ1n) is 5.84. The van der Waals surface area contributed by atoms with E-state index >= 15 is 0 Å². The van der Waals surface area contributed by atoms with E-state index in [0.717, 1.165) is 0 Å². The summed E-state index contributed by atoms with van der Waals surface area (Å²) in [6, 6.07) is 6.35. The van der Waals surface area contributed by atoms with Gasteiger partial charge in [0.05, 0.1) is 10.5 Å². The fraction of sp³-hybridized carbons (Fsp3) is 0.333. The van der Waals surface area contributed by atoms with Gasteiger partial charge < -0.3 is 9.67 Å². The largest absolute Gasteiger partial charge is 0.388 e. The zero-order valence-corrected chi connectivity index (χ0v) is 10.6. The third-order valence-corrected chi connectivity index (χ3v) is 2.77. The van der Waals surface area contributed by atoms with Crippen molar-refractivity contribution in [2.75, 3.05) is 0 Å². The lowest BCUT2D eigenvalue weighted by atomic mass is 10.1. The third kappa shape index (κ3) is 2.32. The topological polar surface area (TPSA) is 94.1 Å². The molecular formula is C12H14N4O3. The van der Waals surface area contributed by atoms with Crippen molar-refractivity contribution >= 4 is 5.69 Å². The van der Waals surface area contributed by atoms with Crippen LogP contribution in [0.25, 0.3) is 11.4 Å². The summed E-state index contributed by atoms with van der Waals surface area (Å²) >= 11 is 0. The number of rotatable bonds is 4. The first-order valence-corrected chi connectivity index (χ1v) is 5.84. The molecule has 0 saturated carbocycles. The van der Waals surface area contributed by atoms with E-state index in [2.05, 4.69) is 10.2 Å². The highest BCUT2D eigenvalue weighted by molar-refractivity contribution is 5.68. The van der Waals surface area contributed by atoms with Crippen molar-refractivity contribution < 1.29 is 10.0 Å². The zero-order chi connectivity index (χ0) is 14.0. The summed E-state index contributed by atoms with van der Waals surface area (Å²) in [5.74, 6) is 0.787. The molecule has 0 bridgehead atoms. The molecule has 0 fully saturated rings. The highest BCUT2D eigenvalue weighted by atomic mass is 16.6. The Morgan fingerprint density at radius 2 is 2.05 bits per heavy atom. The maximum atomic E-state index is 11.1. The summed E-state index contributed by atoms with van der Waals surface area (Å²) in [6.07, 6.45) is 0. The van der Waals surface area contributed by atoms with Crippen LogP contribution >= 0.6 is 0 Å². The van der Waals surface area contributed by atoms with Crippen molar-refractivity contribution in [3.05, 3.63) is 40.2 Å². The summed E-state index contributed by atoms with van der Waals surface area (Å²) in [5.41, 5.74) is 0.370. The lowest BCUT2D eigenvalue weighted by molar-refractivity contribution is -0.384. The molecule has 0 saturated heterocycles. The molecule has 0 aliphatic heterocycles. The van der Waals surface area contributed by atoms with Gasteiger partial charge in [0.2, 0.25) is 0 Å². The van der Waals surface area contributed by atoms with Gasteiger partial charge in [0.15, 0.2) is 11.6 Å². The maximum Gasteiger partial charge on any atom is 0.280 e. The number of para-hydroxylation sites is 1. The molecule has 7 nitrogen and oxygen atoms in total. The molecule has 0 atom stereocenters. The zero-order valence-electron chi connectivity index (χ0n) is 10.6. The summed E-state index contributed by atoms with van der Waals surface area (Å²) in [7, 11) is 0. The predicted molar refractivity (Wildman–Crippen MR) is 68.4 cm³/mol. The number of nitro groups is 1. The first kappa shape index (κ1) is 13.2. The van der Waals surface area contributed by atoms with Crippen molar-refractivity contribution in [3.63, 3.8) is 0 Å². The average molecular weight is 262 g/mol. The van der Waals surface area contributed by atoms with E-state index in [1.807, 2.05) is 13.8 Å². The van der Waals surface area contributed by atoms with E-state index in [9.17, 15) is 15.2 Å². The molecule has 0 radical (unpaired) electrons. The predicted octanol–water partition coefficient (Wildman–Crippen LogP) is 1.93. The number of nitro benzene ring substituents is 1. The van der Waals surface area contributed by atoms with Crippen LogP contribution in [0, 0.1) is 10.1 Å². The minimum atomic E-state index is -0.451. The van der Waals surface area contributed by atoms with Crippen LogP contribution in [0.5, 0.6) is 0 Å². The van der Waals surface area contributed by atoms with Crippen LogP contribution in [-0.4, -0.2) is 24.8 Å². The molecule has 2 rings (SSSR count). The lowest BCUT2D eigenvalue weighted by Crippen LogP contribution is -2.08. The summed E-state index contributed by atoms with van der Waals surface area (Å²) in [5, 5.41) is 28.1. The lowest BCUT2D eigenvalue weighted by Gasteiger charge is -2.13. The van der Waals surface area contributed by atoms with Crippen LogP contribution in [0.2, 0.25) is 0 Å². The van der Waals surface area contributed by atoms with Crippen molar-refractivity contribution in [2.45, 2.75) is 26.5 Å². The summed E-state index contributed by atoms with van der Waals surface area (Å²) in [4.78, 5) is 10.6. The number of aliphatic hydroxyl groups is 1. The minimum absolute atomic E-state index is 0.00744. The Labute approximate surface area is 109 Å². The molecule has 0 aliphatic carbocycles. The van der Waals surface area contributed by atoms with Gasteiger partial charge in [-0.05, 0) is 19.9 Å². The van der Waals surface area contributed by atoms with E-state index in [4.69, 9.17) is 0 Å². The van der Waals surface area contributed by atoms with E-state index in [0.29, 0.717) is 17.2 Å². The smallest absolute Gasteiger partial charge is 0.280 e. The van der Waals surface area contributed by atoms with Gasteiger partial charge in [-0.1, -0.05) is 12.1 Å². The van der Waals surface area contributed by atoms with Gasteiger partial charge in [0, 0.05) is 12.1 Å². The molecule has 1 aromatic carbocycles. The van der Waals surface area contributed by atoms with Crippen LogP contribution in [0.1, 0.15) is 25.7 Å². The number of benzene rings is 1. The summed E-state index contributed by atoms with van der Waals surface area (Å²) in [6.45, 7) is 3.55. The second-order valence-electron chi connectivity index (χ2n) is 4.34. The van der Waals surface area contributed by atoms with E-state index in [1.165, 1.54) is 6.07 Å². The molecule has 0 spiro atoms. The normalized spacial score (nSPS) is 10.9. The molecule has 0 aliphatic rings. The first-order chi connectivity index (χ1) is 9.06. The number of hydrogen-bond donors (Lipinski definition) is 1. The Hall–Kier alpha value is -2.28. The monoisotopic (exact) mass is 262 g/mol. The van der Waals surface area contributed by atoms with Crippen LogP contribution < -0.4 is 0 Å². The Morgan fingerprint density at radius 1 is 1.37 bits per heavy atom. The maximum absolute atomic E-state index is 11.1. The number of aliphatic hydroxyl groups excluding tert-OH is 1. The molecule has 1 N–H and O–H groups in total. The molecule has 0 unspecified atom stereocenters. The van der Waals surface area contributed by atoms with Gasteiger partial charge in [-0.2, -0.15) is 0 Å². The Morgan fingerprint density at radius 3 is 2.63 bits per heavy atom.